The van der Waals surface area contributed by atoms with Crippen molar-refractivity contribution in [3.05, 3.63) is 205 Å². The molecule has 0 spiro atoms. The standard InChI is InChI=1S/C55H31N5O2/c1-57-35-24-28-37(29-25-35)60(48-19-8-16-43-42-15-6-7-21-52(42)61-53(43)48)51-32-47-38-11-2-4-13-40(38)50(31-46(47)39-12-3-5-14-41(39)51)59(36-26-22-34(33-56)23-27-36)49-20-9-17-44-45-18-10-30-58-55(45)62-54(44)49/h2-32H. The van der Waals surface area contributed by atoms with Gasteiger partial charge in [-0.05, 0) is 100 Å². The second-order valence-corrected chi connectivity index (χ2v) is 15.3. The Morgan fingerprint density at radius 2 is 0.952 bits per heavy atom. The van der Waals surface area contributed by atoms with E-state index in [-0.39, 0.29) is 0 Å². The molecule has 62 heavy (non-hydrogen) atoms. The summed E-state index contributed by atoms with van der Waals surface area (Å²) < 4.78 is 13.3. The summed E-state index contributed by atoms with van der Waals surface area (Å²) in [6, 6.07) is 64.1. The van der Waals surface area contributed by atoms with Crippen LogP contribution in [0.4, 0.5) is 39.8 Å². The first-order valence-electron chi connectivity index (χ1n) is 20.3. The van der Waals surface area contributed by atoms with Gasteiger partial charge in [-0.2, -0.15) is 5.26 Å². The molecular formula is C55H31N5O2. The van der Waals surface area contributed by atoms with Gasteiger partial charge in [0.05, 0.1) is 41.0 Å². The summed E-state index contributed by atoms with van der Waals surface area (Å²) in [5, 5.41) is 20.1. The van der Waals surface area contributed by atoms with Gasteiger partial charge in [0.15, 0.2) is 16.9 Å². The van der Waals surface area contributed by atoms with E-state index in [0.29, 0.717) is 17.0 Å². The number of anilines is 6. The minimum Gasteiger partial charge on any atom is -0.454 e. The maximum Gasteiger partial charge on any atom is 0.227 e. The van der Waals surface area contributed by atoms with E-state index in [9.17, 15) is 5.26 Å². The van der Waals surface area contributed by atoms with E-state index < -0.39 is 0 Å². The van der Waals surface area contributed by atoms with Crippen molar-refractivity contribution in [3.8, 4) is 6.07 Å². The zero-order valence-electron chi connectivity index (χ0n) is 33.0. The lowest BCUT2D eigenvalue weighted by molar-refractivity contribution is 0.654. The molecule has 0 unspecified atom stereocenters. The Kier molecular flexibility index (Phi) is 7.83. The van der Waals surface area contributed by atoms with E-state index in [4.69, 9.17) is 15.4 Å². The van der Waals surface area contributed by atoms with Gasteiger partial charge in [-0.25, -0.2) is 9.83 Å². The number of hydrogen-bond acceptors (Lipinski definition) is 6. The van der Waals surface area contributed by atoms with Crippen molar-refractivity contribution >= 4 is 116 Å². The number of para-hydroxylation sites is 3. The smallest absolute Gasteiger partial charge is 0.227 e. The third kappa shape index (κ3) is 5.33. The van der Waals surface area contributed by atoms with E-state index in [2.05, 4.69) is 129 Å². The molecule has 0 aliphatic heterocycles. The highest BCUT2D eigenvalue weighted by Crippen LogP contribution is 2.50. The molecule has 0 saturated heterocycles. The lowest BCUT2D eigenvalue weighted by Gasteiger charge is -2.29. The van der Waals surface area contributed by atoms with Crippen LogP contribution in [0, 0.1) is 17.9 Å². The molecule has 0 aliphatic rings. The van der Waals surface area contributed by atoms with Crippen LogP contribution in [-0.4, -0.2) is 4.98 Å². The lowest BCUT2D eigenvalue weighted by Crippen LogP contribution is -2.12. The number of fused-ring (bicyclic) bond motifs is 11. The molecule has 7 nitrogen and oxygen atoms in total. The van der Waals surface area contributed by atoms with E-state index >= 15 is 0 Å². The third-order valence-electron chi connectivity index (χ3n) is 11.9. The molecule has 9 aromatic carbocycles. The topological polar surface area (TPSA) is 73.8 Å². The molecule has 0 saturated carbocycles. The molecule has 288 valence electrons. The lowest BCUT2D eigenvalue weighted by atomic mass is 9.93. The summed E-state index contributed by atoms with van der Waals surface area (Å²) in [5.41, 5.74) is 9.48. The summed E-state index contributed by atoms with van der Waals surface area (Å²) in [5.74, 6) is 0. The fourth-order valence-corrected chi connectivity index (χ4v) is 9.16. The Bertz CT molecular complexity index is 3600. The SMILES string of the molecule is [C-]#[N+]c1ccc(N(c2cc3c4ccccc4c(N(c4ccc(C#N)cc4)c4cccc5c4oc4ncccc45)cc3c3ccccc23)c2cccc3c2oc2ccccc23)cc1. The number of aromatic nitrogens is 1. The highest BCUT2D eigenvalue weighted by atomic mass is 16.3. The van der Waals surface area contributed by atoms with Crippen molar-refractivity contribution in [2.24, 2.45) is 0 Å². The number of rotatable bonds is 6. The van der Waals surface area contributed by atoms with Gasteiger partial charge >= 0.3 is 0 Å². The maximum absolute atomic E-state index is 9.79. The van der Waals surface area contributed by atoms with Crippen LogP contribution in [-0.2, 0) is 0 Å². The van der Waals surface area contributed by atoms with Gasteiger partial charge in [0.25, 0.3) is 0 Å². The molecule has 3 aromatic heterocycles. The minimum absolute atomic E-state index is 0.568. The molecular weight excluding hydrogens is 763 g/mol. The molecule has 0 atom stereocenters. The van der Waals surface area contributed by atoms with Crippen molar-refractivity contribution in [3.63, 3.8) is 0 Å². The molecule has 0 N–H and O–H groups in total. The van der Waals surface area contributed by atoms with Crippen LogP contribution < -0.4 is 9.80 Å². The summed E-state index contributed by atoms with van der Waals surface area (Å²) in [7, 11) is 0. The monoisotopic (exact) mass is 793 g/mol. The average molecular weight is 794 g/mol. The van der Waals surface area contributed by atoms with Crippen LogP contribution in [0.3, 0.4) is 0 Å². The fraction of sp³-hybridized carbons (Fsp3) is 0. The molecule has 0 bridgehead atoms. The second-order valence-electron chi connectivity index (χ2n) is 15.3. The molecule has 0 radical (unpaired) electrons. The summed E-state index contributed by atoms with van der Waals surface area (Å²) >= 11 is 0. The molecule has 3 heterocycles. The van der Waals surface area contributed by atoms with Crippen molar-refractivity contribution < 1.29 is 8.83 Å². The second kappa shape index (κ2) is 13.8. The van der Waals surface area contributed by atoms with Gasteiger partial charge in [-0.3, -0.25) is 0 Å². The van der Waals surface area contributed by atoms with Gasteiger partial charge in [-0.15, -0.1) is 0 Å². The Labute approximate surface area is 354 Å². The zero-order chi connectivity index (χ0) is 41.3. The summed E-state index contributed by atoms with van der Waals surface area (Å²) in [4.78, 5) is 12.8. The Morgan fingerprint density at radius 1 is 0.452 bits per heavy atom. The van der Waals surface area contributed by atoms with Crippen LogP contribution in [0.5, 0.6) is 0 Å². The molecule has 0 amide bonds. The van der Waals surface area contributed by atoms with Crippen LogP contribution in [0.15, 0.2) is 197 Å². The summed E-state index contributed by atoms with van der Waals surface area (Å²) in [6.07, 6.45) is 1.75. The Morgan fingerprint density at radius 3 is 1.55 bits per heavy atom. The predicted octanol–water partition coefficient (Wildman–Crippen LogP) is 15.7. The van der Waals surface area contributed by atoms with Gasteiger partial charge < -0.3 is 18.6 Å². The van der Waals surface area contributed by atoms with Crippen molar-refractivity contribution in [1.82, 2.24) is 4.98 Å². The van der Waals surface area contributed by atoms with Crippen LogP contribution in [0.1, 0.15) is 5.56 Å². The number of nitrogens with zero attached hydrogens (tertiary/aromatic N) is 5. The third-order valence-corrected chi connectivity index (χ3v) is 11.9. The van der Waals surface area contributed by atoms with Gasteiger partial charge in [0.2, 0.25) is 5.71 Å². The van der Waals surface area contributed by atoms with Gasteiger partial charge in [0.1, 0.15) is 5.58 Å². The van der Waals surface area contributed by atoms with Crippen LogP contribution in [0.25, 0.3) is 81.2 Å². The number of pyridine rings is 1. The van der Waals surface area contributed by atoms with Crippen LogP contribution >= 0.6 is 0 Å². The Balaban J connectivity index is 1.17. The number of benzene rings is 9. The number of nitriles is 1. The highest BCUT2D eigenvalue weighted by Gasteiger charge is 2.26. The van der Waals surface area contributed by atoms with E-state index in [1.54, 1.807) is 6.20 Å². The normalized spacial score (nSPS) is 11.5. The molecule has 12 rings (SSSR count). The van der Waals surface area contributed by atoms with Crippen LogP contribution in [0.2, 0.25) is 0 Å². The molecule has 0 aliphatic carbocycles. The van der Waals surface area contributed by atoms with E-state index in [1.165, 1.54) is 0 Å². The zero-order valence-corrected chi connectivity index (χ0v) is 33.0. The number of furan rings is 2. The Hall–Kier alpha value is -8.91. The minimum atomic E-state index is 0.568. The predicted molar refractivity (Wildman–Crippen MR) is 252 cm³/mol. The first kappa shape index (κ1) is 35.1. The first-order chi connectivity index (χ1) is 30.7. The summed E-state index contributed by atoms with van der Waals surface area (Å²) in [6.45, 7) is 7.71. The average Bonchev–Trinajstić information content (AvgIpc) is 3.92. The fourth-order valence-electron chi connectivity index (χ4n) is 9.16. The highest BCUT2D eigenvalue weighted by molar-refractivity contribution is 6.25. The van der Waals surface area contributed by atoms with E-state index in [0.717, 1.165) is 105 Å². The molecule has 7 heteroatoms. The van der Waals surface area contributed by atoms with Crippen molar-refractivity contribution in [1.29, 1.82) is 5.26 Å². The first-order valence-corrected chi connectivity index (χ1v) is 20.3. The van der Waals surface area contributed by atoms with Crippen molar-refractivity contribution in [2.75, 3.05) is 9.80 Å². The number of hydrogen-bond donors (Lipinski definition) is 0. The maximum atomic E-state index is 9.79. The molecule has 0 fully saturated rings. The van der Waals surface area contributed by atoms with Gasteiger partial charge in [-0.1, -0.05) is 103 Å². The molecule has 12 aromatic rings. The quantitative estimate of drug-likeness (QED) is 0.123. The van der Waals surface area contributed by atoms with Crippen molar-refractivity contribution in [2.45, 2.75) is 0 Å². The van der Waals surface area contributed by atoms with E-state index in [1.807, 2.05) is 78.9 Å². The largest absolute Gasteiger partial charge is 0.454 e. The van der Waals surface area contributed by atoms with Gasteiger partial charge in [0, 0.05) is 49.9 Å².